The lowest BCUT2D eigenvalue weighted by molar-refractivity contribution is 0.436. The van der Waals surface area contributed by atoms with E-state index in [9.17, 15) is 0 Å². The van der Waals surface area contributed by atoms with Gasteiger partial charge in [-0.3, -0.25) is 0 Å². The van der Waals surface area contributed by atoms with Crippen LogP contribution in [0.1, 0.15) is 5.56 Å². The Labute approximate surface area is 73.8 Å². The molecule has 0 aromatic carbocycles. The van der Waals surface area contributed by atoms with Crippen LogP contribution in [0.5, 0.6) is 0 Å². The second kappa shape index (κ2) is 2.64. The third-order valence-corrected chi connectivity index (χ3v) is 2.65. The number of aryl methyl sites for hydroxylation is 1. The van der Waals surface area contributed by atoms with E-state index in [1.807, 2.05) is 18.4 Å². The molecule has 0 unspecified atom stereocenters. The van der Waals surface area contributed by atoms with E-state index in [1.165, 1.54) is 5.56 Å². The quantitative estimate of drug-likeness (QED) is 0.732. The van der Waals surface area contributed by atoms with Crippen LogP contribution in [-0.4, -0.2) is 5.16 Å². The second-order valence-corrected chi connectivity index (χ2v) is 3.46. The van der Waals surface area contributed by atoms with Crippen molar-refractivity contribution in [3.63, 3.8) is 0 Å². The monoisotopic (exact) mass is 180 g/mol. The third-order valence-electron chi connectivity index (χ3n) is 1.61. The van der Waals surface area contributed by atoms with E-state index in [1.54, 1.807) is 17.4 Å². The largest absolute Gasteiger partial charge is 0.381 e. The number of nitrogens with two attached hydrogens (primary N) is 1. The van der Waals surface area contributed by atoms with Gasteiger partial charge in [0.25, 0.3) is 0 Å². The molecule has 2 heterocycles. The summed E-state index contributed by atoms with van der Waals surface area (Å²) in [5.41, 5.74) is 6.63. The fourth-order valence-corrected chi connectivity index (χ4v) is 1.90. The van der Waals surface area contributed by atoms with Crippen LogP contribution in [0, 0.1) is 6.92 Å². The van der Waals surface area contributed by atoms with Crippen molar-refractivity contribution in [3.8, 4) is 10.6 Å². The minimum atomic E-state index is 0.429. The number of aromatic nitrogens is 1. The van der Waals surface area contributed by atoms with Crippen LogP contribution in [0.15, 0.2) is 22.0 Å². The van der Waals surface area contributed by atoms with E-state index in [2.05, 4.69) is 5.16 Å². The molecule has 2 N–H and O–H groups in total. The summed E-state index contributed by atoms with van der Waals surface area (Å²) in [5, 5.41) is 5.64. The molecule has 62 valence electrons. The first-order valence-electron chi connectivity index (χ1n) is 3.54. The smallest absolute Gasteiger partial charge is 0.179 e. The number of nitrogens with zero attached hydrogens (tertiary/aromatic N) is 1. The fourth-order valence-electron chi connectivity index (χ4n) is 1.02. The van der Waals surface area contributed by atoms with Crippen molar-refractivity contribution >= 4 is 17.2 Å². The highest BCUT2D eigenvalue weighted by Crippen LogP contribution is 2.29. The zero-order valence-electron chi connectivity index (χ0n) is 6.57. The highest BCUT2D eigenvalue weighted by atomic mass is 32.1. The first-order chi connectivity index (χ1) is 5.77. The molecule has 2 rings (SSSR count). The van der Waals surface area contributed by atoms with Crippen molar-refractivity contribution in [2.45, 2.75) is 6.92 Å². The minimum Gasteiger partial charge on any atom is -0.381 e. The highest BCUT2D eigenvalue weighted by Gasteiger charge is 2.08. The van der Waals surface area contributed by atoms with Crippen LogP contribution in [0.25, 0.3) is 10.6 Å². The van der Waals surface area contributed by atoms with E-state index in [0.717, 1.165) is 10.6 Å². The van der Waals surface area contributed by atoms with E-state index >= 15 is 0 Å². The molecule has 0 radical (unpaired) electrons. The number of nitrogen functional groups attached to an aromatic ring is 1. The Morgan fingerprint density at radius 3 is 2.92 bits per heavy atom. The van der Waals surface area contributed by atoms with Crippen molar-refractivity contribution in [1.82, 2.24) is 5.16 Å². The topological polar surface area (TPSA) is 52.0 Å². The molecule has 2 aromatic rings. The summed E-state index contributed by atoms with van der Waals surface area (Å²) >= 11 is 1.63. The Balaban J connectivity index is 2.50. The number of rotatable bonds is 1. The van der Waals surface area contributed by atoms with Gasteiger partial charge in [-0.2, -0.15) is 0 Å². The Morgan fingerprint density at radius 2 is 2.42 bits per heavy atom. The van der Waals surface area contributed by atoms with Gasteiger partial charge < -0.3 is 10.3 Å². The lowest BCUT2D eigenvalue weighted by Crippen LogP contribution is -1.79. The van der Waals surface area contributed by atoms with Gasteiger partial charge in [-0.25, -0.2) is 0 Å². The fraction of sp³-hybridized carbons (Fsp3) is 0.125. The standard InChI is InChI=1S/C8H8N2OS/c1-5-2-3-12-8(5)6-4-7(9)10-11-6/h2-4H,1H3,(H2,9,10). The molecule has 0 amide bonds. The molecule has 0 bridgehead atoms. The van der Waals surface area contributed by atoms with Gasteiger partial charge in [-0.15, -0.1) is 11.3 Å². The van der Waals surface area contributed by atoms with Crippen LogP contribution in [0.4, 0.5) is 5.82 Å². The van der Waals surface area contributed by atoms with Crippen LogP contribution >= 0.6 is 11.3 Å². The van der Waals surface area contributed by atoms with E-state index in [-0.39, 0.29) is 0 Å². The van der Waals surface area contributed by atoms with Crippen molar-refractivity contribution in [1.29, 1.82) is 0 Å². The van der Waals surface area contributed by atoms with E-state index < -0.39 is 0 Å². The molecule has 0 spiro atoms. The van der Waals surface area contributed by atoms with Crippen LogP contribution in [-0.2, 0) is 0 Å². The summed E-state index contributed by atoms with van der Waals surface area (Å²) in [5.74, 6) is 1.18. The predicted molar refractivity (Wildman–Crippen MR) is 49.0 cm³/mol. The summed E-state index contributed by atoms with van der Waals surface area (Å²) in [7, 11) is 0. The van der Waals surface area contributed by atoms with Gasteiger partial charge in [0.2, 0.25) is 0 Å². The molecule has 0 saturated heterocycles. The molecule has 4 heteroatoms. The van der Waals surface area contributed by atoms with Crippen LogP contribution in [0.2, 0.25) is 0 Å². The molecule has 12 heavy (non-hydrogen) atoms. The average Bonchev–Trinajstić information content (AvgIpc) is 2.58. The van der Waals surface area contributed by atoms with Gasteiger partial charge in [-0.1, -0.05) is 5.16 Å². The first kappa shape index (κ1) is 7.36. The maximum absolute atomic E-state index is 5.43. The van der Waals surface area contributed by atoms with Crippen molar-refractivity contribution in [2.24, 2.45) is 0 Å². The summed E-state index contributed by atoms with van der Waals surface area (Å²) in [4.78, 5) is 1.10. The maximum atomic E-state index is 5.43. The number of hydrogen-bond donors (Lipinski definition) is 1. The predicted octanol–water partition coefficient (Wildman–Crippen LogP) is 2.29. The molecular weight excluding hydrogens is 172 g/mol. The number of anilines is 1. The van der Waals surface area contributed by atoms with Gasteiger partial charge in [0.05, 0.1) is 4.88 Å². The molecule has 0 aliphatic heterocycles. The molecule has 0 saturated carbocycles. The molecule has 2 aromatic heterocycles. The molecular formula is C8H8N2OS. The zero-order valence-corrected chi connectivity index (χ0v) is 7.39. The molecule has 3 nitrogen and oxygen atoms in total. The van der Waals surface area contributed by atoms with Crippen LogP contribution < -0.4 is 5.73 Å². The van der Waals surface area contributed by atoms with Gasteiger partial charge >= 0.3 is 0 Å². The first-order valence-corrected chi connectivity index (χ1v) is 4.42. The normalized spacial score (nSPS) is 10.4. The third kappa shape index (κ3) is 1.10. The Bertz CT molecular complexity index is 391. The lowest BCUT2D eigenvalue weighted by Gasteiger charge is -1.89. The summed E-state index contributed by atoms with van der Waals surface area (Å²) in [6.07, 6.45) is 0. The SMILES string of the molecule is Cc1ccsc1-c1cc(N)no1. The van der Waals surface area contributed by atoms with Crippen LogP contribution in [0.3, 0.4) is 0 Å². The summed E-state index contributed by atoms with van der Waals surface area (Å²) in [6, 6.07) is 3.78. The van der Waals surface area contributed by atoms with Gasteiger partial charge in [0, 0.05) is 6.07 Å². The zero-order chi connectivity index (χ0) is 8.55. The minimum absolute atomic E-state index is 0.429. The van der Waals surface area contributed by atoms with Gasteiger partial charge in [-0.05, 0) is 23.9 Å². The van der Waals surface area contributed by atoms with E-state index in [4.69, 9.17) is 10.3 Å². The lowest BCUT2D eigenvalue weighted by atomic mass is 10.2. The number of thiophene rings is 1. The molecule has 0 aliphatic rings. The maximum Gasteiger partial charge on any atom is 0.179 e. The van der Waals surface area contributed by atoms with E-state index in [0.29, 0.717) is 5.82 Å². The average molecular weight is 180 g/mol. The highest BCUT2D eigenvalue weighted by molar-refractivity contribution is 7.13. The van der Waals surface area contributed by atoms with Gasteiger partial charge in [0.15, 0.2) is 11.6 Å². The second-order valence-electron chi connectivity index (χ2n) is 2.55. The molecule has 0 aliphatic carbocycles. The Kier molecular flexibility index (Phi) is 1.62. The van der Waals surface area contributed by atoms with Crippen molar-refractivity contribution in [3.05, 3.63) is 23.1 Å². The molecule has 0 fully saturated rings. The van der Waals surface area contributed by atoms with Crippen molar-refractivity contribution < 1.29 is 4.52 Å². The number of hydrogen-bond acceptors (Lipinski definition) is 4. The molecule has 0 atom stereocenters. The van der Waals surface area contributed by atoms with Gasteiger partial charge in [0.1, 0.15) is 0 Å². The Morgan fingerprint density at radius 1 is 1.58 bits per heavy atom. The van der Waals surface area contributed by atoms with Crippen molar-refractivity contribution in [2.75, 3.05) is 5.73 Å². The summed E-state index contributed by atoms with van der Waals surface area (Å²) < 4.78 is 5.02. The summed E-state index contributed by atoms with van der Waals surface area (Å²) in [6.45, 7) is 2.03. The Hall–Kier alpha value is -1.29.